The van der Waals surface area contributed by atoms with Crippen molar-refractivity contribution in [1.29, 1.82) is 0 Å². The molecule has 5 nitrogen and oxygen atoms in total. The lowest BCUT2D eigenvalue weighted by atomic mass is 10.2. The van der Waals surface area contributed by atoms with Crippen LogP contribution in [0.2, 0.25) is 0 Å². The number of benzene rings is 1. The number of nitrogens with zero attached hydrogens (tertiary/aromatic N) is 2. The van der Waals surface area contributed by atoms with Crippen molar-refractivity contribution in [3.8, 4) is 11.5 Å². The predicted octanol–water partition coefficient (Wildman–Crippen LogP) is 2.97. The summed E-state index contributed by atoms with van der Waals surface area (Å²) in [5.41, 5.74) is 1.70. The molecule has 6 heteroatoms. The molecular weight excluding hydrogens is 266 g/mol. The second kappa shape index (κ2) is 6.80. The van der Waals surface area contributed by atoms with E-state index >= 15 is 0 Å². The van der Waals surface area contributed by atoms with Crippen LogP contribution in [0.4, 0.5) is 11.5 Å². The zero-order chi connectivity index (χ0) is 13.0. The molecule has 0 spiro atoms. The Morgan fingerprint density at radius 3 is 2.47 bits per heavy atom. The van der Waals surface area contributed by atoms with E-state index in [0.29, 0.717) is 5.82 Å². The van der Waals surface area contributed by atoms with E-state index in [0.717, 1.165) is 22.9 Å². The lowest BCUT2D eigenvalue weighted by Gasteiger charge is -2.12. The molecule has 19 heavy (non-hydrogen) atoms. The van der Waals surface area contributed by atoms with Crippen LogP contribution < -0.4 is 14.8 Å². The molecule has 0 atom stereocenters. The molecule has 0 unspecified atom stereocenters. The molecule has 0 aliphatic rings. The fourth-order valence-corrected chi connectivity index (χ4v) is 1.57. The molecule has 1 aromatic carbocycles. The number of nitrogens with one attached hydrogen (secondary N) is 1. The molecular formula is C13H16ClN3O2. The Balaban J connectivity index is 0.00000180. The van der Waals surface area contributed by atoms with E-state index < -0.39 is 0 Å². The zero-order valence-corrected chi connectivity index (χ0v) is 11.8. The van der Waals surface area contributed by atoms with E-state index in [-0.39, 0.29) is 12.4 Å². The highest BCUT2D eigenvalue weighted by Crippen LogP contribution is 2.30. The first-order chi connectivity index (χ1) is 8.72. The molecule has 1 heterocycles. The summed E-state index contributed by atoms with van der Waals surface area (Å²) in [4.78, 5) is 8.20. The van der Waals surface area contributed by atoms with Gasteiger partial charge in [0.15, 0.2) is 0 Å². The Morgan fingerprint density at radius 1 is 1.05 bits per heavy atom. The number of hydrogen-bond acceptors (Lipinski definition) is 5. The van der Waals surface area contributed by atoms with E-state index in [2.05, 4.69) is 15.3 Å². The molecule has 102 valence electrons. The van der Waals surface area contributed by atoms with Crippen LogP contribution in [-0.2, 0) is 0 Å². The minimum Gasteiger partial charge on any atom is -0.497 e. The molecule has 2 rings (SSSR count). The SMILES string of the molecule is COc1ccc(OC)c(Nc2cc(C)ncn2)c1.Cl. The van der Waals surface area contributed by atoms with Gasteiger partial charge in [-0.05, 0) is 19.1 Å². The van der Waals surface area contributed by atoms with Gasteiger partial charge in [0.1, 0.15) is 23.6 Å². The van der Waals surface area contributed by atoms with Gasteiger partial charge in [-0.2, -0.15) is 0 Å². The average molecular weight is 282 g/mol. The standard InChI is InChI=1S/C13H15N3O2.ClH/c1-9-6-13(15-8-14-9)16-11-7-10(17-2)4-5-12(11)18-3;/h4-8H,1-3H3,(H,14,15,16);1H. The number of rotatable bonds is 4. The summed E-state index contributed by atoms with van der Waals surface area (Å²) in [7, 11) is 3.25. The number of aryl methyl sites for hydroxylation is 1. The summed E-state index contributed by atoms with van der Waals surface area (Å²) >= 11 is 0. The van der Waals surface area contributed by atoms with E-state index in [4.69, 9.17) is 9.47 Å². The first-order valence-electron chi connectivity index (χ1n) is 5.50. The van der Waals surface area contributed by atoms with Gasteiger partial charge in [0, 0.05) is 17.8 Å². The van der Waals surface area contributed by atoms with Gasteiger partial charge < -0.3 is 14.8 Å². The van der Waals surface area contributed by atoms with E-state index in [1.54, 1.807) is 14.2 Å². The van der Waals surface area contributed by atoms with E-state index in [1.807, 2.05) is 31.2 Å². The highest BCUT2D eigenvalue weighted by Gasteiger charge is 2.06. The minimum absolute atomic E-state index is 0. The maximum Gasteiger partial charge on any atom is 0.142 e. The van der Waals surface area contributed by atoms with Crippen LogP contribution >= 0.6 is 12.4 Å². The molecule has 0 aliphatic heterocycles. The third kappa shape index (κ3) is 3.72. The van der Waals surface area contributed by atoms with Crippen molar-refractivity contribution in [2.75, 3.05) is 19.5 Å². The maximum absolute atomic E-state index is 5.29. The Hall–Kier alpha value is -2.01. The second-order valence-corrected chi connectivity index (χ2v) is 3.74. The molecule has 2 aromatic rings. The largest absolute Gasteiger partial charge is 0.497 e. The van der Waals surface area contributed by atoms with Crippen LogP contribution in [-0.4, -0.2) is 24.2 Å². The van der Waals surface area contributed by atoms with Gasteiger partial charge >= 0.3 is 0 Å². The predicted molar refractivity (Wildman–Crippen MR) is 76.8 cm³/mol. The highest BCUT2D eigenvalue weighted by atomic mass is 35.5. The van der Waals surface area contributed by atoms with Crippen molar-refractivity contribution >= 4 is 23.9 Å². The van der Waals surface area contributed by atoms with Gasteiger partial charge in [0.2, 0.25) is 0 Å². The lowest BCUT2D eigenvalue weighted by Crippen LogP contribution is -1.98. The van der Waals surface area contributed by atoms with Crippen LogP contribution in [0.3, 0.4) is 0 Å². The summed E-state index contributed by atoms with van der Waals surface area (Å²) in [6, 6.07) is 7.40. The van der Waals surface area contributed by atoms with Crippen LogP contribution in [0, 0.1) is 6.92 Å². The van der Waals surface area contributed by atoms with Gasteiger partial charge in [-0.1, -0.05) is 0 Å². The summed E-state index contributed by atoms with van der Waals surface area (Å²) in [6.07, 6.45) is 1.52. The molecule has 0 aliphatic carbocycles. The third-order valence-corrected chi connectivity index (χ3v) is 2.47. The smallest absolute Gasteiger partial charge is 0.142 e. The van der Waals surface area contributed by atoms with Crippen LogP contribution in [0.5, 0.6) is 11.5 Å². The first kappa shape index (κ1) is 15.0. The zero-order valence-electron chi connectivity index (χ0n) is 11.0. The van der Waals surface area contributed by atoms with Crippen molar-refractivity contribution in [2.24, 2.45) is 0 Å². The Morgan fingerprint density at radius 2 is 1.84 bits per heavy atom. The number of ether oxygens (including phenoxy) is 2. The Kier molecular flexibility index (Phi) is 5.38. The number of aromatic nitrogens is 2. The fraction of sp³-hybridized carbons (Fsp3) is 0.231. The third-order valence-electron chi connectivity index (χ3n) is 2.47. The normalized spacial score (nSPS) is 9.42. The maximum atomic E-state index is 5.29. The monoisotopic (exact) mass is 281 g/mol. The van der Waals surface area contributed by atoms with E-state index in [1.165, 1.54) is 6.33 Å². The number of methoxy groups -OCH3 is 2. The fourth-order valence-electron chi connectivity index (χ4n) is 1.57. The van der Waals surface area contributed by atoms with Gasteiger partial charge in [0.05, 0.1) is 19.9 Å². The highest BCUT2D eigenvalue weighted by molar-refractivity contribution is 5.85. The molecule has 0 saturated carbocycles. The average Bonchev–Trinajstić information content (AvgIpc) is 2.38. The number of halogens is 1. The van der Waals surface area contributed by atoms with Crippen molar-refractivity contribution < 1.29 is 9.47 Å². The van der Waals surface area contributed by atoms with Crippen molar-refractivity contribution in [3.05, 3.63) is 36.3 Å². The molecule has 0 radical (unpaired) electrons. The molecule has 0 amide bonds. The van der Waals surface area contributed by atoms with Crippen LogP contribution in [0.15, 0.2) is 30.6 Å². The van der Waals surface area contributed by atoms with Crippen LogP contribution in [0.25, 0.3) is 0 Å². The summed E-state index contributed by atoms with van der Waals surface area (Å²) < 4.78 is 10.5. The topological polar surface area (TPSA) is 56.3 Å². The molecule has 1 aromatic heterocycles. The molecule has 0 bridgehead atoms. The first-order valence-corrected chi connectivity index (χ1v) is 5.50. The quantitative estimate of drug-likeness (QED) is 0.934. The molecule has 0 saturated heterocycles. The van der Waals surface area contributed by atoms with Crippen molar-refractivity contribution in [1.82, 2.24) is 9.97 Å². The van der Waals surface area contributed by atoms with Gasteiger partial charge in [0.25, 0.3) is 0 Å². The molecule has 0 fully saturated rings. The summed E-state index contributed by atoms with van der Waals surface area (Å²) in [6.45, 7) is 1.91. The van der Waals surface area contributed by atoms with Crippen molar-refractivity contribution in [2.45, 2.75) is 6.92 Å². The summed E-state index contributed by atoms with van der Waals surface area (Å²) in [5.74, 6) is 2.20. The Bertz CT molecular complexity index is 549. The number of anilines is 2. The molecule has 1 N–H and O–H groups in total. The van der Waals surface area contributed by atoms with Gasteiger partial charge in [-0.3, -0.25) is 0 Å². The Labute approximate surface area is 118 Å². The van der Waals surface area contributed by atoms with Gasteiger partial charge in [-0.15, -0.1) is 12.4 Å². The van der Waals surface area contributed by atoms with E-state index in [9.17, 15) is 0 Å². The second-order valence-electron chi connectivity index (χ2n) is 3.74. The summed E-state index contributed by atoms with van der Waals surface area (Å²) in [5, 5.41) is 3.18. The van der Waals surface area contributed by atoms with Crippen LogP contribution in [0.1, 0.15) is 5.69 Å². The minimum atomic E-state index is 0. The lowest BCUT2D eigenvalue weighted by molar-refractivity contribution is 0.405. The number of hydrogen-bond donors (Lipinski definition) is 1. The van der Waals surface area contributed by atoms with Gasteiger partial charge in [-0.25, -0.2) is 9.97 Å². The van der Waals surface area contributed by atoms with Crippen molar-refractivity contribution in [3.63, 3.8) is 0 Å².